The van der Waals surface area contributed by atoms with E-state index in [9.17, 15) is 41.4 Å². The van der Waals surface area contributed by atoms with E-state index < -0.39 is 52.7 Å². The van der Waals surface area contributed by atoms with E-state index in [0.29, 0.717) is 0 Å². The van der Waals surface area contributed by atoms with Gasteiger partial charge in [0.15, 0.2) is 0 Å². The Hall–Kier alpha value is -2.07. The second-order valence-electron chi connectivity index (χ2n) is 6.11. The first-order chi connectivity index (χ1) is 12.2. The lowest BCUT2D eigenvalue weighted by atomic mass is 9.94. The summed E-state index contributed by atoms with van der Waals surface area (Å²) in [7, 11) is 0. The number of rotatable bonds is 6. The Morgan fingerprint density at radius 3 is 1.89 bits per heavy atom. The largest absolute Gasteiger partial charge is 0.417 e. The first-order valence-corrected chi connectivity index (χ1v) is 7.78. The standard InChI is InChI=1S/C17H19F6NO3/c1-9(25)7-24(8-10(2)26)15(27)11(3)12-5-4-6-13(16(18,19)20)14(12)17(21,22)23/h4-6,9-10,25-26H,3,7-8H2,1-2H3. The van der Waals surface area contributed by atoms with Crippen molar-refractivity contribution in [2.45, 2.75) is 38.4 Å². The molecule has 0 fully saturated rings. The van der Waals surface area contributed by atoms with Crippen LogP contribution in [0.5, 0.6) is 0 Å². The molecule has 0 saturated carbocycles. The second-order valence-corrected chi connectivity index (χ2v) is 6.11. The van der Waals surface area contributed by atoms with Gasteiger partial charge in [-0.1, -0.05) is 18.7 Å². The molecular formula is C17H19F6NO3. The van der Waals surface area contributed by atoms with Crippen LogP contribution in [0.15, 0.2) is 24.8 Å². The van der Waals surface area contributed by atoms with Crippen LogP contribution in [0.4, 0.5) is 26.3 Å². The van der Waals surface area contributed by atoms with Crippen LogP contribution in [0.1, 0.15) is 30.5 Å². The molecule has 0 aliphatic rings. The molecule has 10 heteroatoms. The van der Waals surface area contributed by atoms with Crippen molar-refractivity contribution in [3.63, 3.8) is 0 Å². The molecule has 4 nitrogen and oxygen atoms in total. The first-order valence-electron chi connectivity index (χ1n) is 7.78. The average Bonchev–Trinajstić information content (AvgIpc) is 2.49. The third kappa shape index (κ3) is 5.96. The molecular weight excluding hydrogens is 380 g/mol. The van der Waals surface area contributed by atoms with Crippen LogP contribution in [-0.4, -0.2) is 46.3 Å². The zero-order valence-electron chi connectivity index (χ0n) is 14.5. The van der Waals surface area contributed by atoms with Gasteiger partial charge in [0.1, 0.15) is 0 Å². The number of hydrogen-bond donors (Lipinski definition) is 2. The maximum Gasteiger partial charge on any atom is 0.417 e. The lowest BCUT2D eigenvalue weighted by Crippen LogP contribution is -2.41. The molecule has 0 heterocycles. The average molecular weight is 399 g/mol. The molecule has 0 aliphatic carbocycles. The van der Waals surface area contributed by atoms with E-state index in [1.54, 1.807) is 0 Å². The van der Waals surface area contributed by atoms with Gasteiger partial charge in [0, 0.05) is 18.7 Å². The third-order valence-corrected chi connectivity index (χ3v) is 3.49. The Morgan fingerprint density at radius 2 is 1.52 bits per heavy atom. The molecule has 0 bridgehead atoms. The minimum absolute atomic E-state index is 0.271. The van der Waals surface area contributed by atoms with E-state index in [0.717, 1.165) is 17.0 Å². The highest BCUT2D eigenvalue weighted by Crippen LogP contribution is 2.43. The molecule has 27 heavy (non-hydrogen) atoms. The number of aliphatic hydroxyl groups excluding tert-OH is 2. The van der Waals surface area contributed by atoms with E-state index in [1.807, 2.05) is 0 Å². The summed E-state index contributed by atoms with van der Waals surface area (Å²) < 4.78 is 79.1. The van der Waals surface area contributed by atoms with Crippen molar-refractivity contribution in [1.82, 2.24) is 4.90 Å². The fraction of sp³-hybridized carbons (Fsp3) is 0.471. The van der Waals surface area contributed by atoms with E-state index in [1.165, 1.54) is 13.8 Å². The van der Waals surface area contributed by atoms with Crippen molar-refractivity contribution in [1.29, 1.82) is 0 Å². The molecule has 2 atom stereocenters. The Kier molecular flexibility index (Phi) is 7.06. The molecule has 2 unspecified atom stereocenters. The monoisotopic (exact) mass is 399 g/mol. The second kappa shape index (κ2) is 8.30. The van der Waals surface area contributed by atoms with E-state index in [2.05, 4.69) is 6.58 Å². The van der Waals surface area contributed by atoms with E-state index in [-0.39, 0.29) is 19.2 Å². The summed E-state index contributed by atoms with van der Waals surface area (Å²) in [6.45, 7) is 5.15. The van der Waals surface area contributed by atoms with Gasteiger partial charge in [-0.05, 0) is 25.5 Å². The van der Waals surface area contributed by atoms with Crippen LogP contribution < -0.4 is 0 Å². The lowest BCUT2D eigenvalue weighted by molar-refractivity contribution is -0.162. The molecule has 0 radical (unpaired) electrons. The SMILES string of the molecule is C=C(C(=O)N(CC(C)O)CC(C)O)c1cccc(C(F)(F)F)c1C(F)(F)F. The molecule has 1 rings (SSSR count). The van der Waals surface area contributed by atoms with E-state index in [4.69, 9.17) is 0 Å². The minimum Gasteiger partial charge on any atom is -0.392 e. The third-order valence-electron chi connectivity index (χ3n) is 3.49. The Labute approximate surface area is 151 Å². The van der Waals surface area contributed by atoms with Gasteiger partial charge < -0.3 is 15.1 Å². The molecule has 0 aromatic heterocycles. The molecule has 0 spiro atoms. The summed E-state index contributed by atoms with van der Waals surface area (Å²) in [5, 5.41) is 18.9. The number of alkyl halides is 6. The highest BCUT2D eigenvalue weighted by atomic mass is 19.4. The van der Waals surface area contributed by atoms with Crippen LogP contribution in [-0.2, 0) is 17.1 Å². The number of nitrogens with zero attached hydrogens (tertiary/aromatic N) is 1. The first kappa shape index (κ1) is 23.0. The fourth-order valence-electron chi connectivity index (χ4n) is 2.53. The van der Waals surface area contributed by atoms with E-state index >= 15 is 0 Å². The number of benzene rings is 1. The number of carbonyl (C=O) groups is 1. The zero-order valence-corrected chi connectivity index (χ0v) is 14.5. The topological polar surface area (TPSA) is 60.8 Å². The summed E-state index contributed by atoms with van der Waals surface area (Å²) in [5.74, 6) is -1.12. The summed E-state index contributed by atoms with van der Waals surface area (Å²) in [5.41, 5.74) is -5.78. The maximum atomic E-state index is 13.3. The van der Waals surface area contributed by atoms with Crippen LogP contribution in [0.25, 0.3) is 5.57 Å². The molecule has 1 amide bonds. The van der Waals surface area contributed by atoms with Crippen LogP contribution >= 0.6 is 0 Å². The number of amides is 1. The normalized spacial score (nSPS) is 14.6. The Bertz CT molecular complexity index is 685. The summed E-state index contributed by atoms with van der Waals surface area (Å²) >= 11 is 0. The van der Waals surface area contributed by atoms with Crippen molar-refractivity contribution in [2.75, 3.05) is 13.1 Å². The highest BCUT2D eigenvalue weighted by molar-refractivity contribution is 6.19. The summed E-state index contributed by atoms with van der Waals surface area (Å²) in [6.07, 6.45) is -12.8. The number of aliphatic hydroxyl groups is 2. The quantitative estimate of drug-likeness (QED) is 0.570. The molecule has 0 aliphatic heterocycles. The minimum atomic E-state index is -5.38. The number of halogens is 6. The Morgan fingerprint density at radius 1 is 1.04 bits per heavy atom. The van der Waals surface area contributed by atoms with Crippen LogP contribution in [0.2, 0.25) is 0 Å². The zero-order chi connectivity index (χ0) is 21.2. The van der Waals surface area contributed by atoms with Crippen LogP contribution in [0.3, 0.4) is 0 Å². The highest BCUT2D eigenvalue weighted by Gasteiger charge is 2.45. The predicted molar refractivity (Wildman–Crippen MR) is 85.4 cm³/mol. The van der Waals surface area contributed by atoms with Crippen molar-refractivity contribution in [3.8, 4) is 0 Å². The molecule has 1 aromatic carbocycles. The van der Waals surface area contributed by atoms with Crippen LogP contribution in [0, 0.1) is 0 Å². The van der Waals surface area contributed by atoms with Gasteiger partial charge in [-0.25, -0.2) is 0 Å². The Balaban J connectivity index is 3.47. The maximum absolute atomic E-state index is 13.3. The van der Waals surface area contributed by atoms with Crippen molar-refractivity contribution < 1.29 is 41.4 Å². The molecule has 2 N–H and O–H groups in total. The van der Waals surface area contributed by atoms with Gasteiger partial charge >= 0.3 is 12.4 Å². The fourth-order valence-corrected chi connectivity index (χ4v) is 2.53. The summed E-state index contributed by atoms with van der Waals surface area (Å²) in [4.78, 5) is 13.3. The van der Waals surface area contributed by atoms with Crippen molar-refractivity contribution in [3.05, 3.63) is 41.5 Å². The smallest absolute Gasteiger partial charge is 0.392 e. The predicted octanol–water partition coefficient (Wildman–Crippen LogP) is 3.33. The van der Waals surface area contributed by atoms with Gasteiger partial charge in [-0.15, -0.1) is 0 Å². The van der Waals surface area contributed by atoms with Gasteiger partial charge in [0.05, 0.1) is 23.3 Å². The molecule has 152 valence electrons. The van der Waals surface area contributed by atoms with Gasteiger partial charge in [0.25, 0.3) is 5.91 Å². The number of hydrogen-bond acceptors (Lipinski definition) is 3. The lowest BCUT2D eigenvalue weighted by Gasteiger charge is -2.27. The summed E-state index contributed by atoms with van der Waals surface area (Å²) in [6, 6.07) is 1.74. The van der Waals surface area contributed by atoms with Gasteiger partial charge in [-0.2, -0.15) is 26.3 Å². The van der Waals surface area contributed by atoms with Crippen molar-refractivity contribution in [2.24, 2.45) is 0 Å². The van der Waals surface area contributed by atoms with Gasteiger partial charge in [-0.3, -0.25) is 4.79 Å². The number of carbonyl (C=O) groups excluding carboxylic acids is 1. The van der Waals surface area contributed by atoms with Gasteiger partial charge in [0.2, 0.25) is 0 Å². The molecule has 0 saturated heterocycles. The van der Waals surface area contributed by atoms with Crippen molar-refractivity contribution >= 4 is 11.5 Å². The molecule has 1 aromatic rings.